The molecule has 3 aromatic rings. The highest BCUT2D eigenvalue weighted by molar-refractivity contribution is 5.88. The fraction of sp³-hybridized carbons (Fsp3) is 0.0556. The third-order valence-corrected chi connectivity index (χ3v) is 3.37. The van der Waals surface area contributed by atoms with Crippen molar-refractivity contribution in [3.63, 3.8) is 0 Å². The maximum absolute atomic E-state index is 9.26. The number of fused-ring (bicyclic) bond motifs is 1. The van der Waals surface area contributed by atoms with Gasteiger partial charge in [-0.3, -0.25) is 0 Å². The summed E-state index contributed by atoms with van der Waals surface area (Å²) in [5.74, 6) is 1.29. The molecule has 0 aliphatic rings. The van der Waals surface area contributed by atoms with E-state index in [9.17, 15) is 5.26 Å². The summed E-state index contributed by atoms with van der Waals surface area (Å²) in [6.07, 6.45) is 0. The first-order chi connectivity index (χ1) is 10.3. The Morgan fingerprint density at radius 1 is 0.952 bits per heavy atom. The standard InChI is InChI=1S/C18H14N2O/c19-11-13-8-9-17(15(10-13)12-20)21-18-7-3-5-14-4-1-2-6-16(14)18/h1-10H,11,19H2. The van der Waals surface area contributed by atoms with Crippen LogP contribution in [0, 0.1) is 11.3 Å². The van der Waals surface area contributed by atoms with Crippen molar-refractivity contribution in [2.75, 3.05) is 0 Å². The van der Waals surface area contributed by atoms with Gasteiger partial charge in [0.1, 0.15) is 17.6 Å². The van der Waals surface area contributed by atoms with Crippen LogP contribution in [0.2, 0.25) is 0 Å². The summed E-state index contributed by atoms with van der Waals surface area (Å²) in [6, 6.07) is 21.5. The summed E-state index contributed by atoms with van der Waals surface area (Å²) >= 11 is 0. The predicted octanol–water partition coefficient (Wildman–Crippen LogP) is 3.96. The number of hydrogen-bond acceptors (Lipinski definition) is 3. The molecule has 0 saturated carbocycles. The van der Waals surface area contributed by atoms with Crippen molar-refractivity contribution in [3.8, 4) is 17.6 Å². The molecular formula is C18H14N2O. The van der Waals surface area contributed by atoms with E-state index in [2.05, 4.69) is 6.07 Å². The Balaban J connectivity index is 2.05. The highest BCUT2D eigenvalue weighted by Crippen LogP contribution is 2.31. The average Bonchev–Trinajstić information content (AvgIpc) is 2.55. The predicted molar refractivity (Wildman–Crippen MR) is 83.1 cm³/mol. The van der Waals surface area contributed by atoms with Gasteiger partial charge in [0.15, 0.2) is 0 Å². The third-order valence-electron chi connectivity index (χ3n) is 3.37. The number of nitrogens with two attached hydrogens (primary N) is 1. The van der Waals surface area contributed by atoms with Gasteiger partial charge in [0.2, 0.25) is 0 Å². The van der Waals surface area contributed by atoms with Crippen LogP contribution < -0.4 is 10.5 Å². The van der Waals surface area contributed by atoms with Gasteiger partial charge in [0.05, 0.1) is 5.56 Å². The Kier molecular flexibility index (Phi) is 3.55. The lowest BCUT2D eigenvalue weighted by Gasteiger charge is -2.11. The topological polar surface area (TPSA) is 59.0 Å². The van der Waals surface area contributed by atoms with E-state index >= 15 is 0 Å². The number of benzene rings is 3. The van der Waals surface area contributed by atoms with Crippen LogP contribution in [0.25, 0.3) is 10.8 Å². The van der Waals surface area contributed by atoms with Gasteiger partial charge in [-0.1, -0.05) is 42.5 Å². The van der Waals surface area contributed by atoms with Crippen molar-refractivity contribution in [1.29, 1.82) is 5.26 Å². The van der Waals surface area contributed by atoms with Gasteiger partial charge in [0, 0.05) is 11.9 Å². The van der Waals surface area contributed by atoms with Crippen molar-refractivity contribution in [3.05, 3.63) is 71.8 Å². The molecule has 0 saturated heterocycles. The molecule has 0 fully saturated rings. The zero-order valence-electron chi connectivity index (χ0n) is 11.4. The van der Waals surface area contributed by atoms with Gasteiger partial charge in [-0.25, -0.2) is 0 Å². The molecular weight excluding hydrogens is 260 g/mol. The van der Waals surface area contributed by atoms with Crippen LogP contribution in [-0.4, -0.2) is 0 Å². The molecule has 3 aromatic carbocycles. The van der Waals surface area contributed by atoms with E-state index < -0.39 is 0 Å². The summed E-state index contributed by atoms with van der Waals surface area (Å²) in [4.78, 5) is 0. The normalized spacial score (nSPS) is 10.3. The molecule has 102 valence electrons. The van der Waals surface area contributed by atoms with Crippen molar-refractivity contribution in [2.45, 2.75) is 6.54 Å². The molecule has 0 spiro atoms. The Bertz CT molecular complexity index is 829. The van der Waals surface area contributed by atoms with Crippen molar-refractivity contribution in [2.24, 2.45) is 5.73 Å². The minimum atomic E-state index is 0.406. The third kappa shape index (κ3) is 2.58. The Hall–Kier alpha value is -2.83. The molecule has 3 rings (SSSR count). The van der Waals surface area contributed by atoms with Crippen LogP contribution in [0.3, 0.4) is 0 Å². The molecule has 3 nitrogen and oxygen atoms in total. The molecule has 0 atom stereocenters. The smallest absolute Gasteiger partial charge is 0.145 e. The van der Waals surface area contributed by atoms with Crippen LogP contribution in [0.5, 0.6) is 11.5 Å². The molecule has 0 heterocycles. The summed E-state index contributed by atoms with van der Waals surface area (Å²) in [5.41, 5.74) is 7.01. The first kappa shape index (κ1) is 13.2. The first-order valence-electron chi connectivity index (χ1n) is 6.70. The quantitative estimate of drug-likeness (QED) is 0.786. The van der Waals surface area contributed by atoms with Crippen LogP contribution >= 0.6 is 0 Å². The lowest BCUT2D eigenvalue weighted by Crippen LogP contribution is -1.97. The average molecular weight is 274 g/mol. The minimum Gasteiger partial charge on any atom is -0.455 e. The fourth-order valence-electron chi connectivity index (χ4n) is 2.28. The molecule has 2 N–H and O–H groups in total. The summed E-state index contributed by atoms with van der Waals surface area (Å²) in [5, 5.41) is 11.4. The second-order valence-electron chi connectivity index (χ2n) is 4.73. The van der Waals surface area contributed by atoms with Crippen LogP contribution in [-0.2, 0) is 6.54 Å². The first-order valence-corrected chi connectivity index (χ1v) is 6.70. The van der Waals surface area contributed by atoms with Gasteiger partial charge >= 0.3 is 0 Å². The van der Waals surface area contributed by atoms with E-state index in [1.54, 1.807) is 12.1 Å². The number of nitrogens with zero attached hydrogens (tertiary/aromatic N) is 1. The Morgan fingerprint density at radius 3 is 2.57 bits per heavy atom. The van der Waals surface area contributed by atoms with Crippen molar-refractivity contribution < 1.29 is 4.74 Å². The monoisotopic (exact) mass is 274 g/mol. The number of nitriles is 1. The second kappa shape index (κ2) is 5.66. The summed E-state index contributed by atoms with van der Waals surface area (Å²) < 4.78 is 5.95. The lowest BCUT2D eigenvalue weighted by atomic mass is 10.1. The second-order valence-corrected chi connectivity index (χ2v) is 4.73. The fourth-order valence-corrected chi connectivity index (χ4v) is 2.28. The van der Waals surface area contributed by atoms with Crippen LogP contribution in [0.15, 0.2) is 60.7 Å². The van der Waals surface area contributed by atoms with Crippen LogP contribution in [0.4, 0.5) is 0 Å². The van der Waals surface area contributed by atoms with Crippen LogP contribution in [0.1, 0.15) is 11.1 Å². The lowest BCUT2D eigenvalue weighted by molar-refractivity contribution is 0.486. The maximum atomic E-state index is 9.26. The zero-order chi connectivity index (χ0) is 14.7. The number of rotatable bonds is 3. The molecule has 0 bridgehead atoms. The SMILES string of the molecule is N#Cc1cc(CN)ccc1Oc1cccc2ccccc12. The van der Waals surface area contributed by atoms with E-state index in [4.69, 9.17) is 10.5 Å². The molecule has 21 heavy (non-hydrogen) atoms. The van der Waals surface area contributed by atoms with Crippen molar-refractivity contribution >= 4 is 10.8 Å². The highest BCUT2D eigenvalue weighted by atomic mass is 16.5. The Morgan fingerprint density at radius 2 is 1.76 bits per heavy atom. The molecule has 0 unspecified atom stereocenters. The minimum absolute atomic E-state index is 0.406. The van der Waals surface area contributed by atoms with Gasteiger partial charge in [-0.05, 0) is 29.1 Å². The number of ether oxygens (including phenoxy) is 1. The molecule has 0 amide bonds. The molecule has 0 aliphatic carbocycles. The Labute approximate surface area is 123 Å². The van der Waals surface area contributed by atoms with Gasteiger partial charge in [0.25, 0.3) is 0 Å². The molecule has 0 radical (unpaired) electrons. The van der Waals surface area contributed by atoms with E-state index in [0.29, 0.717) is 17.9 Å². The van der Waals surface area contributed by atoms with Gasteiger partial charge in [-0.2, -0.15) is 5.26 Å². The van der Waals surface area contributed by atoms with Crippen molar-refractivity contribution in [1.82, 2.24) is 0 Å². The van der Waals surface area contributed by atoms with E-state index in [0.717, 1.165) is 22.1 Å². The highest BCUT2D eigenvalue weighted by Gasteiger charge is 2.08. The van der Waals surface area contributed by atoms with E-state index in [-0.39, 0.29) is 0 Å². The summed E-state index contributed by atoms with van der Waals surface area (Å²) in [6.45, 7) is 0.406. The molecule has 0 aromatic heterocycles. The molecule has 0 aliphatic heterocycles. The summed E-state index contributed by atoms with van der Waals surface area (Å²) in [7, 11) is 0. The largest absolute Gasteiger partial charge is 0.455 e. The van der Waals surface area contributed by atoms with E-state index in [1.807, 2.05) is 48.5 Å². The molecule has 3 heteroatoms. The zero-order valence-corrected chi connectivity index (χ0v) is 11.4. The maximum Gasteiger partial charge on any atom is 0.145 e. The number of hydrogen-bond donors (Lipinski definition) is 1. The van der Waals surface area contributed by atoms with Gasteiger partial charge in [-0.15, -0.1) is 0 Å². The van der Waals surface area contributed by atoms with Gasteiger partial charge < -0.3 is 10.5 Å². The van der Waals surface area contributed by atoms with E-state index in [1.165, 1.54) is 0 Å².